The number of thiazole rings is 1. The number of carbonyl (C=O) groups excluding carboxylic acids is 1. The molecular weight excluding hydrogens is 288 g/mol. The number of hydrogen-bond donors (Lipinski definition) is 0. The van der Waals surface area contributed by atoms with Gasteiger partial charge in [0, 0.05) is 18.4 Å². The summed E-state index contributed by atoms with van der Waals surface area (Å²) >= 11 is 4.86. The van der Waals surface area contributed by atoms with Crippen molar-refractivity contribution in [1.82, 2.24) is 9.88 Å². The number of halogens is 1. The van der Waals surface area contributed by atoms with Gasteiger partial charge in [0.25, 0.3) is 5.91 Å². The van der Waals surface area contributed by atoms with Crippen molar-refractivity contribution >= 4 is 33.2 Å². The van der Waals surface area contributed by atoms with Crippen LogP contribution in [0.5, 0.6) is 0 Å². The molecule has 1 amide bonds. The maximum absolute atomic E-state index is 12.2. The number of hydrogen-bond acceptors (Lipinski definition) is 3. The van der Waals surface area contributed by atoms with Crippen LogP contribution in [-0.4, -0.2) is 34.2 Å². The summed E-state index contributed by atoms with van der Waals surface area (Å²) in [5.41, 5.74) is 0.850. The molecule has 90 valence electrons. The van der Waals surface area contributed by atoms with Crippen LogP contribution in [0.3, 0.4) is 0 Å². The van der Waals surface area contributed by atoms with E-state index in [9.17, 15) is 4.79 Å². The molecule has 0 saturated heterocycles. The van der Waals surface area contributed by atoms with Crippen LogP contribution in [0.25, 0.3) is 0 Å². The Labute approximate surface area is 109 Å². The molecule has 0 fully saturated rings. The normalized spacial score (nSPS) is 10.5. The number of rotatable bonds is 5. The van der Waals surface area contributed by atoms with Gasteiger partial charge >= 0.3 is 0 Å². The predicted octanol–water partition coefficient (Wildman–Crippen LogP) is 3.01. The molecule has 3 nitrogen and oxygen atoms in total. The summed E-state index contributed by atoms with van der Waals surface area (Å²) in [4.78, 5) is 19.2. The van der Waals surface area contributed by atoms with E-state index in [0.717, 1.165) is 40.4 Å². The third-order valence-electron chi connectivity index (χ3n) is 2.23. The maximum Gasteiger partial charge on any atom is 0.265 e. The molecule has 0 aliphatic carbocycles. The van der Waals surface area contributed by atoms with Gasteiger partial charge in [-0.05, 0) is 20.3 Å². The van der Waals surface area contributed by atoms with Gasteiger partial charge in [-0.3, -0.25) is 4.79 Å². The molecule has 16 heavy (non-hydrogen) atoms. The third-order valence-corrected chi connectivity index (χ3v) is 3.65. The van der Waals surface area contributed by atoms with Gasteiger partial charge in [-0.25, -0.2) is 4.98 Å². The quantitative estimate of drug-likeness (QED) is 0.784. The van der Waals surface area contributed by atoms with Crippen LogP contribution in [0.15, 0.2) is 0 Å². The van der Waals surface area contributed by atoms with E-state index in [1.165, 1.54) is 11.3 Å². The number of aromatic nitrogens is 1. The predicted molar refractivity (Wildman–Crippen MR) is 71.6 cm³/mol. The Bertz CT molecular complexity index is 359. The fourth-order valence-electron chi connectivity index (χ4n) is 1.56. The highest BCUT2D eigenvalue weighted by Gasteiger charge is 2.19. The van der Waals surface area contributed by atoms with Gasteiger partial charge in [0.2, 0.25) is 0 Å². The number of amides is 1. The highest BCUT2D eigenvalue weighted by atomic mass is 79.9. The van der Waals surface area contributed by atoms with Crippen LogP contribution in [0.4, 0.5) is 0 Å². The van der Waals surface area contributed by atoms with E-state index in [4.69, 9.17) is 0 Å². The maximum atomic E-state index is 12.2. The molecule has 0 unspecified atom stereocenters. The van der Waals surface area contributed by atoms with Gasteiger partial charge in [0.05, 0.1) is 10.7 Å². The highest BCUT2D eigenvalue weighted by Crippen LogP contribution is 2.19. The van der Waals surface area contributed by atoms with Gasteiger partial charge in [0.15, 0.2) is 0 Å². The SMILES string of the molecule is CCCN(CCBr)C(=O)c1sc(C)nc1C. The van der Waals surface area contributed by atoms with Crippen molar-refractivity contribution in [2.24, 2.45) is 0 Å². The van der Waals surface area contributed by atoms with Crippen molar-refractivity contribution in [3.05, 3.63) is 15.6 Å². The summed E-state index contributed by atoms with van der Waals surface area (Å²) in [5, 5.41) is 1.77. The summed E-state index contributed by atoms with van der Waals surface area (Å²) in [6.45, 7) is 7.47. The second kappa shape index (κ2) is 6.35. The van der Waals surface area contributed by atoms with Crippen molar-refractivity contribution in [1.29, 1.82) is 0 Å². The lowest BCUT2D eigenvalue weighted by atomic mass is 10.3. The summed E-state index contributed by atoms with van der Waals surface area (Å²) in [5.74, 6) is 0.115. The topological polar surface area (TPSA) is 33.2 Å². The van der Waals surface area contributed by atoms with Crippen LogP contribution in [0.1, 0.15) is 33.7 Å². The van der Waals surface area contributed by atoms with Crippen LogP contribution >= 0.6 is 27.3 Å². The second-order valence-corrected chi connectivity index (χ2v) is 5.62. The molecule has 0 aliphatic rings. The molecule has 1 aromatic heterocycles. The first kappa shape index (κ1) is 13.6. The lowest BCUT2D eigenvalue weighted by molar-refractivity contribution is 0.0770. The molecule has 0 saturated carbocycles. The average Bonchev–Trinajstić information content (AvgIpc) is 2.56. The second-order valence-electron chi connectivity index (χ2n) is 3.63. The van der Waals surface area contributed by atoms with Crippen molar-refractivity contribution in [2.75, 3.05) is 18.4 Å². The van der Waals surface area contributed by atoms with E-state index in [1.807, 2.05) is 18.7 Å². The van der Waals surface area contributed by atoms with Gasteiger partial charge in [-0.1, -0.05) is 22.9 Å². The summed E-state index contributed by atoms with van der Waals surface area (Å²) in [6, 6.07) is 0. The fraction of sp³-hybridized carbons (Fsp3) is 0.636. The molecule has 0 atom stereocenters. The molecule has 1 aromatic rings. The first-order valence-corrected chi connectivity index (χ1v) is 7.33. The van der Waals surface area contributed by atoms with Gasteiger partial charge in [0.1, 0.15) is 4.88 Å². The molecule has 0 N–H and O–H groups in total. The summed E-state index contributed by atoms with van der Waals surface area (Å²) in [6.07, 6.45) is 0.982. The Morgan fingerprint density at radius 3 is 2.56 bits per heavy atom. The monoisotopic (exact) mass is 304 g/mol. The zero-order valence-electron chi connectivity index (χ0n) is 9.92. The first-order chi connectivity index (χ1) is 7.60. The molecule has 0 aromatic carbocycles. The minimum Gasteiger partial charge on any atom is -0.337 e. The van der Waals surface area contributed by atoms with E-state index in [2.05, 4.69) is 27.8 Å². The molecular formula is C11H17BrN2OS. The molecule has 0 bridgehead atoms. The van der Waals surface area contributed by atoms with Crippen molar-refractivity contribution < 1.29 is 4.79 Å². The van der Waals surface area contributed by atoms with E-state index < -0.39 is 0 Å². The van der Waals surface area contributed by atoms with Crippen LogP contribution in [0.2, 0.25) is 0 Å². The Balaban J connectivity index is 2.85. The minimum absolute atomic E-state index is 0.115. The zero-order valence-corrected chi connectivity index (χ0v) is 12.3. The number of carbonyl (C=O) groups is 1. The molecule has 5 heteroatoms. The third kappa shape index (κ3) is 3.28. The number of nitrogens with zero attached hydrogens (tertiary/aromatic N) is 2. The molecule has 1 rings (SSSR count). The summed E-state index contributed by atoms with van der Waals surface area (Å²) < 4.78 is 0. The van der Waals surface area contributed by atoms with Crippen molar-refractivity contribution in [3.63, 3.8) is 0 Å². The van der Waals surface area contributed by atoms with E-state index in [0.29, 0.717) is 0 Å². The standard InChI is InChI=1S/C11H17BrN2OS/c1-4-6-14(7-5-12)11(15)10-8(2)13-9(3)16-10/h4-7H2,1-3H3. The Hall–Kier alpha value is -0.420. The van der Waals surface area contributed by atoms with Gasteiger partial charge in [-0.15, -0.1) is 11.3 Å². The number of aryl methyl sites for hydroxylation is 2. The Morgan fingerprint density at radius 1 is 1.44 bits per heavy atom. The fourth-order valence-corrected chi connectivity index (χ4v) is 2.88. The molecule has 0 radical (unpaired) electrons. The average molecular weight is 305 g/mol. The Morgan fingerprint density at radius 2 is 2.12 bits per heavy atom. The summed E-state index contributed by atoms with van der Waals surface area (Å²) in [7, 11) is 0. The van der Waals surface area contributed by atoms with Crippen LogP contribution in [-0.2, 0) is 0 Å². The zero-order chi connectivity index (χ0) is 12.1. The lowest BCUT2D eigenvalue weighted by Crippen LogP contribution is -2.33. The van der Waals surface area contributed by atoms with Gasteiger partial charge in [-0.2, -0.15) is 0 Å². The van der Waals surface area contributed by atoms with E-state index in [-0.39, 0.29) is 5.91 Å². The molecule has 0 spiro atoms. The van der Waals surface area contributed by atoms with E-state index in [1.54, 1.807) is 0 Å². The van der Waals surface area contributed by atoms with E-state index >= 15 is 0 Å². The molecule has 0 aliphatic heterocycles. The minimum atomic E-state index is 0.115. The first-order valence-electron chi connectivity index (χ1n) is 5.39. The van der Waals surface area contributed by atoms with Crippen molar-refractivity contribution in [3.8, 4) is 0 Å². The van der Waals surface area contributed by atoms with Crippen molar-refractivity contribution in [2.45, 2.75) is 27.2 Å². The van der Waals surface area contributed by atoms with Crippen LogP contribution in [0, 0.1) is 13.8 Å². The van der Waals surface area contributed by atoms with Gasteiger partial charge < -0.3 is 4.90 Å². The Kier molecular flexibility index (Phi) is 5.41. The van der Waals surface area contributed by atoms with Crippen LogP contribution < -0.4 is 0 Å². The molecule has 1 heterocycles. The number of alkyl halides is 1. The smallest absolute Gasteiger partial charge is 0.265 e. The highest BCUT2D eigenvalue weighted by molar-refractivity contribution is 9.09. The lowest BCUT2D eigenvalue weighted by Gasteiger charge is -2.20. The largest absolute Gasteiger partial charge is 0.337 e.